The van der Waals surface area contributed by atoms with E-state index in [0.717, 1.165) is 47.5 Å². The molecule has 3 aliphatic carbocycles. The maximum Gasteiger partial charge on any atom is 0.408 e. The lowest BCUT2D eigenvalue weighted by Crippen LogP contribution is -2.60. The van der Waals surface area contributed by atoms with E-state index in [-0.39, 0.29) is 31.5 Å². The van der Waals surface area contributed by atoms with Crippen LogP contribution in [0.1, 0.15) is 91.5 Å². The summed E-state index contributed by atoms with van der Waals surface area (Å²) in [6, 6.07) is 3.49. The number of thiazole rings is 1. The Morgan fingerprint density at radius 2 is 1.82 bits per heavy atom. The highest BCUT2D eigenvalue weighted by Gasteiger charge is 2.62. The van der Waals surface area contributed by atoms with E-state index in [9.17, 15) is 27.6 Å². The summed E-state index contributed by atoms with van der Waals surface area (Å²) in [5.41, 5.74) is 0.476. The molecular weight excluding hydrogens is 823 g/mol. The molecule has 0 spiro atoms. The third-order valence-electron chi connectivity index (χ3n) is 12.1. The Hall–Kier alpha value is -4.97. The second-order valence-corrected chi connectivity index (χ2v) is 21.1. The largest absolute Gasteiger partial charge is 0.493 e. The van der Waals surface area contributed by atoms with Crippen molar-refractivity contribution < 1.29 is 41.8 Å². The van der Waals surface area contributed by atoms with Crippen LogP contribution >= 0.6 is 11.3 Å². The van der Waals surface area contributed by atoms with E-state index < -0.39 is 74.1 Å². The molecule has 18 heteroatoms. The fraction of sp³-hybridized carbons (Fsp3) is 0.581. The maximum absolute atomic E-state index is 14.8. The number of hydrogen-bond acceptors (Lipinski definition) is 13. The minimum atomic E-state index is -3.92. The quantitative estimate of drug-likeness (QED) is 0.154. The van der Waals surface area contributed by atoms with E-state index in [1.54, 1.807) is 0 Å². The molecule has 16 nitrogen and oxygen atoms in total. The molecule has 2 aliphatic heterocycles. The van der Waals surface area contributed by atoms with E-state index in [4.69, 9.17) is 24.2 Å². The van der Waals surface area contributed by atoms with Gasteiger partial charge >= 0.3 is 6.09 Å². The lowest BCUT2D eigenvalue weighted by atomic mass is 9.85. The Morgan fingerprint density at radius 3 is 2.49 bits per heavy atom. The van der Waals surface area contributed by atoms with Gasteiger partial charge in [-0.15, -0.1) is 17.9 Å². The number of nitrogens with zero attached hydrogens (tertiary/aromatic N) is 3. The minimum Gasteiger partial charge on any atom is -0.493 e. The van der Waals surface area contributed by atoms with Crippen molar-refractivity contribution in [3.8, 4) is 22.9 Å². The van der Waals surface area contributed by atoms with Crippen LogP contribution in [0.25, 0.3) is 22.3 Å². The van der Waals surface area contributed by atoms with Crippen LogP contribution < -0.4 is 30.1 Å². The van der Waals surface area contributed by atoms with Crippen molar-refractivity contribution >= 4 is 61.2 Å². The first-order valence-electron chi connectivity index (χ1n) is 21.2. The van der Waals surface area contributed by atoms with Crippen LogP contribution in [0.4, 0.5) is 9.93 Å². The number of sulfonamides is 1. The molecule has 4 fully saturated rings. The SMILES string of the molecule is C=CC1C[C@]1(NC(=O)C1C[C@@H](Oc2cc(-c3csc(NC(C)C)n3)nc3c4c(ccc23)OCC4)CN1C(=O)[C@@H](NC(=O)OC1CCCC1)C(C)(C)C)C(=O)NS(=O)(=O)C1CC1. The van der Waals surface area contributed by atoms with Gasteiger partial charge < -0.3 is 35.1 Å². The highest BCUT2D eigenvalue weighted by atomic mass is 32.2. The van der Waals surface area contributed by atoms with E-state index in [1.165, 1.54) is 22.3 Å². The predicted octanol–water partition coefficient (Wildman–Crippen LogP) is 5.21. The van der Waals surface area contributed by atoms with Crippen LogP contribution in [0.5, 0.6) is 11.5 Å². The van der Waals surface area contributed by atoms with Crippen molar-refractivity contribution in [2.75, 3.05) is 18.5 Å². The molecule has 3 aromatic rings. The molecule has 4 N–H and O–H groups in total. The molecule has 0 radical (unpaired) electrons. The Morgan fingerprint density at radius 1 is 1.07 bits per heavy atom. The zero-order chi connectivity index (χ0) is 43.4. The van der Waals surface area contributed by atoms with Gasteiger partial charge in [-0.2, -0.15) is 0 Å². The standard InChI is InChI=1S/C43H55N7O9S2/c1-7-24-20-43(24,39(53)49-61(55,56)27-12-13-27)48-37(51)32-18-26(21-50(32)38(52)36(42(4,5)6)47-41(54)59-25-10-8-9-11-25)58-34-19-30(31-22-60-40(46-31)44-23(2)3)45-35-28(34)14-15-33-29(35)16-17-57-33/h7,14-15,19,22-27,32,36H,1,8-13,16-18,20-21H2,2-6H3,(H,44,46)(H,47,54)(H,48,51)(H,49,53)/t24?,26-,32?,36-,43-/m1/s1. The molecule has 61 heavy (non-hydrogen) atoms. The number of likely N-dealkylation sites (tertiary alicyclic amines) is 1. The second-order valence-electron chi connectivity index (χ2n) is 18.3. The van der Waals surface area contributed by atoms with E-state index in [0.29, 0.717) is 48.5 Å². The van der Waals surface area contributed by atoms with Crippen molar-refractivity contribution in [3.05, 3.63) is 41.8 Å². The van der Waals surface area contributed by atoms with Gasteiger partial charge in [0.2, 0.25) is 21.8 Å². The molecule has 5 atom stereocenters. The summed E-state index contributed by atoms with van der Waals surface area (Å²) in [4.78, 5) is 67.7. The molecule has 3 saturated carbocycles. The molecule has 328 valence electrons. The number of benzene rings is 1. The number of aromatic nitrogens is 2. The highest BCUT2D eigenvalue weighted by Crippen LogP contribution is 2.46. The molecule has 8 rings (SSSR count). The second kappa shape index (κ2) is 16.4. The maximum atomic E-state index is 14.8. The van der Waals surface area contributed by atoms with E-state index >= 15 is 0 Å². The summed E-state index contributed by atoms with van der Waals surface area (Å²) in [5, 5.41) is 11.7. The number of carbonyl (C=O) groups is 4. The molecule has 4 amide bonds. The number of alkyl carbamates (subject to hydrolysis) is 1. The molecular formula is C43H55N7O9S2. The molecule has 4 heterocycles. The van der Waals surface area contributed by atoms with E-state index in [1.807, 2.05) is 58.2 Å². The smallest absolute Gasteiger partial charge is 0.408 e. The Kier molecular flexibility index (Phi) is 11.5. The number of amides is 4. The van der Waals surface area contributed by atoms with Crippen molar-refractivity contribution in [2.45, 2.75) is 134 Å². The number of nitrogens with one attached hydrogen (secondary N) is 4. The fourth-order valence-corrected chi connectivity index (χ4v) is 10.8. The van der Waals surface area contributed by atoms with E-state index in [2.05, 4.69) is 27.3 Å². The summed E-state index contributed by atoms with van der Waals surface area (Å²) in [6.07, 6.45) is 4.94. The number of pyridine rings is 1. The van der Waals surface area contributed by atoms with Gasteiger partial charge in [0, 0.05) is 47.2 Å². The molecule has 1 saturated heterocycles. The van der Waals surface area contributed by atoms with Crippen LogP contribution in [-0.2, 0) is 35.6 Å². The zero-order valence-corrected chi connectivity index (χ0v) is 36.9. The van der Waals surface area contributed by atoms with Crippen LogP contribution in [0, 0.1) is 11.3 Å². The van der Waals surface area contributed by atoms with Gasteiger partial charge in [0.15, 0.2) is 5.13 Å². The molecule has 2 aromatic heterocycles. The number of hydrogen-bond donors (Lipinski definition) is 4. The summed E-state index contributed by atoms with van der Waals surface area (Å²) in [6.45, 7) is 13.8. The summed E-state index contributed by atoms with van der Waals surface area (Å²) >= 11 is 1.46. The normalized spacial score (nSPS) is 24.2. The third kappa shape index (κ3) is 8.88. The Bertz CT molecular complexity index is 2350. The van der Waals surface area contributed by atoms with Gasteiger partial charge in [-0.1, -0.05) is 26.8 Å². The minimum absolute atomic E-state index is 0.0180. The van der Waals surface area contributed by atoms with Crippen LogP contribution in [0.3, 0.4) is 0 Å². The monoisotopic (exact) mass is 877 g/mol. The average Bonchev–Trinajstić information content (AvgIpc) is 3.81. The third-order valence-corrected chi connectivity index (χ3v) is 14.7. The first-order chi connectivity index (χ1) is 29.0. The van der Waals surface area contributed by atoms with Crippen molar-refractivity contribution in [1.82, 2.24) is 30.2 Å². The highest BCUT2D eigenvalue weighted by molar-refractivity contribution is 7.91. The average molecular weight is 878 g/mol. The molecule has 2 unspecified atom stereocenters. The fourth-order valence-electron chi connectivity index (χ4n) is 8.57. The first-order valence-corrected chi connectivity index (χ1v) is 23.6. The predicted molar refractivity (Wildman–Crippen MR) is 230 cm³/mol. The molecule has 0 bridgehead atoms. The zero-order valence-electron chi connectivity index (χ0n) is 35.2. The number of carbonyl (C=O) groups excluding carboxylic acids is 4. The van der Waals surface area contributed by atoms with Gasteiger partial charge in [0.25, 0.3) is 5.91 Å². The van der Waals surface area contributed by atoms with Crippen LogP contribution in [0.2, 0.25) is 0 Å². The van der Waals surface area contributed by atoms with Gasteiger partial charge in [-0.05, 0) is 76.3 Å². The number of anilines is 1. The van der Waals surface area contributed by atoms with Crippen LogP contribution in [0.15, 0.2) is 36.2 Å². The van der Waals surface area contributed by atoms with Gasteiger partial charge in [-0.3, -0.25) is 19.1 Å². The summed E-state index contributed by atoms with van der Waals surface area (Å²) < 4.78 is 46.3. The summed E-state index contributed by atoms with van der Waals surface area (Å²) in [7, 11) is -3.92. The first kappa shape index (κ1) is 42.7. The molecule has 5 aliphatic rings. The Balaban J connectivity index is 1.12. The Labute approximate surface area is 360 Å². The number of fused-ring (bicyclic) bond motifs is 3. The van der Waals surface area contributed by atoms with Crippen molar-refractivity contribution in [1.29, 1.82) is 0 Å². The topological polar surface area (TPSA) is 207 Å². The summed E-state index contributed by atoms with van der Waals surface area (Å²) in [5.74, 6) is -1.35. The molecule has 1 aromatic carbocycles. The van der Waals surface area contributed by atoms with Crippen molar-refractivity contribution in [3.63, 3.8) is 0 Å². The van der Waals surface area contributed by atoms with Gasteiger partial charge in [-0.25, -0.2) is 23.2 Å². The lowest BCUT2D eigenvalue weighted by molar-refractivity contribution is -0.143. The van der Waals surface area contributed by atoms with Crippen LogP contribution in [-0.4, -0.2) is 101 Å². The lowest BCUT2D eigenvalue weighted by Gasteiger charge is -2.35. The van der Waals surface area contributed by atoms with Crippen molar-refractivity contribution in [2.24, 2.45) is 11.3 Å². The van der Waals surface area contributed by atoms with Gasteiger partial charge in [0.05, 0.1) is 29.6 Å². The number of rotatable bonds is 14. The van der Waals surface area contributed by atoms with Gasteiger partial charge in [0.1, 0.15) is 47.0 Å². The number of ether oxygens (including phenoxy) is 3.